The fourth-order valence-corrected chi connectivity index (χ4v) is 5.30. The van der Waals surface area contributed by atoms with E-state index >= 15 is 0 Å². The summed E-state index contributed by atoms with van der Waals surface area (Å²) in [6, 6.07) is 8.38. The summed E-state index contributed by atoms with van der Waals surface area (Å²) in [6.07, 6.45) is 5.22. The van der Waals surface area contributed by atoms with Gasteiger partial charge in [0.05, 0.1) is 17.7 Å². The molecule has 0 N–H and O–H groups in total. The molecule has 1 aliphatic carbocycles. The molecule has 0 amide bonds. The molecule has 5 nitrogen and oxygen atoms in total. The van der Waals surface area contributed by atoms with Crippen molar-refractivity contribution in [2.24, 2.45) is 11.3 Å². The second-order valence-corrected chi connectivity index (χ2v) is 9.78. The van der Waals surface area contributed by atoms with Crippen molar-refractivity contribution in [3.63, 3.8) is 0 Å². The Balaban J connectivity index is 1.74. The summed E-state index contributed by atoms with van der Waals surface area (Å²) in [5.41, 5.74) is 2.41. The summed E-state index contributed by atoms with van der Waals surface area (Å²) < 4.78 is 8.29. The molecule has 4 rings (SSSR count). The van der Waals surface area contributed by atoms with Gasteiger partial charge in [-0.25, -0.2) is 4.68 Å². The van der Waals surface area contributed by atoms with Crippen LogP contribution in [0.2, 0.25) is 0 Å². The summed E-state index contributed by atoms with van der Waals surface area (Å²) in [5.74, 6) is 0.760. The maximum Gasteiger partial charge on any atom is 0.117 e. The molecule has 0 radical (unpaired) electrons. The first-order chi connectivity index (χ1) is 12.8. The van der Waals surface area contributed by atoms with Crippen molar-refractivity contribution >= 4 is 11.0 Å². The molecule has 0 bridgehead atoms. The lowest BCUT2D eigenvalue weighted by atomic mass is 9.69. The highest BCUT2D eigenvalue weighted by Gasteiger charge is 2.47. The minimum atomic E-state index is -0.0931. The van der Waals surface area contributed by atoms with Gasteiger partial charge in [-0.3, -0.25) is 4.90 Å². The molecule has 2 fully saturated rings. The van der Waals surface area contributed by atoms with Gasteiger partial charge in [-0.2, -0.15) is 0 Å². The van der Waals surface area contributed by atoms with E-state index in [1.165, 1.54) is 12.8 Å². The molecule has 2 aromatic rings. The molecule has 27 heavy (non-hydrogen) atoms. The molecular formula is C22H34N4O. The molecular weight excluding hydrogens is 336 g/mol. The Bertz CT molecular complexity index is 775. The fourth-order valence-electron chi connectivity index (χ4n) is 5.30. The number of aromatic nitrogens is 3. The maximum atomic E-state index is 6.05. The number of ether oxygens (including phenoxy) is 1. The number of hydrogen-bond donors (Lipinski definition) is 0. The lowest BCUT2D eigenvalue weighted by Gasteiger charge is -2.52. The van der Waals surface area contributed by atoms with Crippen LogP contribution in [0.5, 0.6) is 0 Å². The summed E-state index contributed by atoms with van der Waals surface area (Å²) in [4.78, 5) is 2.64. The van der Waals surface area contributed by atoms with Crippen LogP contribution in [-0.2, 0) is 10.4 Å². The molecule has 1 aromatic heterocycles. The highest BCUT2D eigenvalue weighted by atomic mass is 16.5. The van der Waals surface area contributed by atoms with Crippen molar-refractivity contribution in [1.82, 2.24) is 19.9 Å². The Labute approximate surface area is 163 Å². The molecule has 0 unspecified atom stereocenters. The zero-order valence-electron chi connectivity index (χ0n) is 17.5. The zero-order chi connectivity index (χ0) is 19.2. The third kappa shape index (κ3) is 3.40. The highest BCUT2D eigenvalue weighted by Crippen LogP contribution is 2.47. The van der Waals surface area contributed by atoms with E-state index in [0.717, 1.165) is 42.9 Å². The van der Waals surface area contributed by atoms with Gasteiger partial charge >= 0.3 is 0 Å². The molecule has 1 aliphatic heterocycles. The Hall–Kier alpha value is -1.46. The van der Waals surface area contributed by atoms with Gasteiger partial charge < -0.3 is 4.74 Å². The van der Waals surface area contributed by atoms with E-state index in [4.69, 9.17) is 4.74 Å². The topological polar surface area (TPSA) is 43.2 Å². The number of morpholine rings is 1. The van der Waals surface area contributed by atoms with Gasteiger partial charge in [0.1, 0.15) is 11.2 Å². The van der Waals surface area contributed by atoms with Crippen molar-refractivity contribution in [3.8, 4) is 0 Å². The quantitative estimate of drug-likeness (QED) is 0.784. The van der Waals surface area contributed by atoms with Crippen LogP contribution in [0.1, 0.15) is 60.3 Å². The van der Waals surface area contributed by atoms with Crippen LogP contribution in [0, 0.1) is 11.3 Å². The Morgan fingerprint density at radius 1 is 1.04 bits per heavy atom. The van der Waals surface area contributed by atoms with E-state index < -0.39 is 0 Å². The molecule has 2 heterocycles. The predicted molar refractivity (Wildman–Crippen MR) is 108 cm³/mol. The summed E-state index contributed by atoms with van der Waals surface area (Å²) in [5, 5.41) is 9.18. The average Bonchev–Trinajstić information content (AvgIpc) is 3.05. The van der Waals surface area contributed by atoms with Crippen LogP contribution in [-0.4, -0.2) is 45.2 Å². The van der Waals surface area contributed by atoms with Gasteiger partial charge in [-0.05, 0) is 63.0 Å². The van der Waals surface area contributed by atoms with Crippen LogP contribution in [0.4, 0.5) is 0 Å². The molecule has 148 valence electrons. The molecule has 2 aliphatic rings. The smallest absolute Gasteiger partial charge is 0.117 e. The first kappa shape index (κ1) is 18.9. The van der Waals surface area contributed by atoms with Gasteiger partial charge in [0.15, 0.2) is 0 Å². The van der Waals surface area contributed by atoms with Gasteiger partial charge in [0.25, 0.3) is 0 Å². The number of benzene rings is 1. The molecule has 2 atom stereocenters. The van der Waals surface area contributed by atoms with Crippen LogP contribution in [0.15, 0.2) is 24.3 Å². The third-order valence-electron chi connectivity index (χ3n) is 6.77. The van der Waals surface area contributed by atoms with E-state index in [1.807, 2.05) is 6.07 Å². The number of nitrogens with zero attached hydrogens (tertiary/aromatic N) is 4. The van der Waals surface area contributed by atoms with Crippen molar-refractivity contribution < 1.29 is 4.74 Å². The monoisotopic (exact) mass is 370 g/mol. The summed E-state index contributed by atoms with van der Waals surface area (Å²) in [7, 11) is 0. The SMILES string of the molecule is C[C@@H]1CN(C2(n3nnc4ccccc43)CCC(C(C)(C)C)CC2)C[C@H](C)O1. The Morgan fingerprint density at radius 2 is 1.67 bits per heavy atom. The first-order valence-electron chi connectivity index (χ1n) is 10.5. The van der Waals surface area contributed by atoms with Crippen molar-refractivity contribution in [3.05, 3.63) is 24.3 Å². The summed E-state index contributed by atoms with van der Waals surface area (Å²) >= 11 is 0. The largest absolute Gasteiger partial charge is 0.373 e. The zero-order valence-corrected chi connectivity index (χ0v) is 17.5. The number of rotatable bonds is 2. The standard InChI is InChI=1S/C22H34N4O/c1-16-14-25(15-17(2)27-16)22(12-10-18(11-13-22)21(3,4)5)26-20-9-7-6-8-19(20)23-24-26/h6-9,16-18H,10-15H2,1-5H3/t16-,17+,18?,22?. The van der Waals surface area contributed by atoms with E-state index in [9.17, 15) is 0 Å². The molecule has 1 saturated carbocycles. The van der Waals surface area contributed by atoms with Crippen LogP contribution < -0.4 is 0 Å². The Kier molecular flexibility index (Phi) is 4.79. The summed E-state index contributed by atoms with van der Waals surface area (Å²) in [6.45, 7) is 13.4. The average molecular weight is 371 g/mol. The van der Waals surface area contributed by atoms with Gasteiger partial charge in [-0.1, -0.05) is 38.1 Å². The third-order valence-corrected chi connectivity index (χ3v) is 6.77. The van der Waals surface area contributed by atoms with Crippen molar-refractivity contribution in [1.29, 1.82) is 0 Å². The molecule has 1 aromatic carbocycles. The first-order valence-corrected chi connectivity index (χ1v) is 10.5. The lowest BCUT2D eigenvalue weighted by molar-refractivity contribution is -0.143. The Morgan fingerprint density at radius 3 is 2.30 bits per heavy atom. The lowest BCUT2D eigenvalue weighted by Crippen LogP contribution is -2.60. The van der Waals surface area contributed by atoms with E-state index in [1.54, 1.807) is 0 Å². The van der Waals surface area contributed by atoms with Gasteiger partial charge in [0, 0.05) is 13.1 Å². The maximum absolute atomic E-state index is 6.05. The highest BCUT2D eigenvalue weighted by molar-refractivity contribution is 5.74. The predicted octanol–water partition coefficient (Wildman–Crippen LogP) is 4.43. The number of fused-ring (bicyclic) bond motifs is 1. The van der Waals surface area contributed by atoms with E-state index in [0.29, 0.717) is 5.41 Å². The minimum absolute atomic E-state index is 0.0931. The normalized spacial score (nSPS) is 33.4. The van der Waals surface area contributed by atoms with Crippen LogP contribution >= 0.6 is 0 Å². The fraction of sp³-hybridized carbons (Fsp3) is 0.727. The molecule has 0 spiro atoms. The van der Waals surface area contributed by atoms with Gasteiger partial charge in [0.2, 0.25) is 0 Å². The van der Waals surface area contributed by atoms with Crippen molar-refractivity contribution in [2.75, 3.05) is 13.1 Å². The van der Waals surface area contributed by atoms with Crippen molar-refractivity contribution in [2.45, 2.75) is 78.2 Å². The molecule has 1 saturated heterocycles. The minimum Gasteiger partial charge on any atom is -0.373 e. The van der Waals surface area contributed by atoms with Gasteiger partial charge in [-0.15, -0.1) is 5.10 Å². The second kappa shape index (κ2) is 6.85. The molecule has 5 heteroatoms. The number of hydrogen-bond acceptors (Lipinski definition) is 4. The van der Waals surface area contributed by atoms with Crippen LogP contribution in [0.25, 0.3) is 11.0 Å². The second-order valence-electron chi connectivity index (χ2n) is 9.78. The van der Waals surface area contributed by atoms with E-state index in [2.05, 4.69) is 72.7 Å². The van der Waals surface area contributed by atoms with E-state index in [-0.39, 0.29) is 17.9 Å². The van der Waals surface area contributed by atoms with Crippen LogP contribution in [0.3, 0.4) is 0 Å². The number of para-hydroxylation sites is 1.